The summed E-state index contributed by atoms with van der Waals surface area (Å²) in [4.78, 5) is 26.1. The lowest BCUT2D eigenvalue weighted by atomic mass is 9.88. The predicted molar refractivity (Wildman–Crippen MR) is 118 cm³/mol. The Morgan fingerprint density at radius 3 is 2.74 bits per heavy atom. The zero-order valence-corrected chi connectivity index (χ0v) is 18.7. The minimum absolute atomic E-state index is 0.0347. The van der Waals surface area contributed by atoms with E-state index in [1.165, 1.54) is 13.0 Å². The molecule has 5 N–H and O–H groups in total. The molecule has 1 aromatic heterocycles. The Bertz CT molecular complexity index is 822. The largest absolute Gasteiger partial charge is 0.476 e. The second-order valence-electron chi connectivity index (χ2n) is 7.34. The molecule has 0 bridgehead atoms. The highest BCUT2D eigenvalue weighted by molar-refractivity contribution is 7.11. The number of likely N-dealkylation sites (N-methyl/N-ethyl adjacent to an activating group) is 1. The third-order valence-corrected chi connectivity index (χ3v) is 5.74. The summed E-state index contributed by atoms with van der Waals surface area (Å²) in [6.07, 6.45) is 5.70. The lowest BCUT2D eigenvalue weighted by molar-refractivity contribution is 0.0992. The van der Waals surface area contributed by atoms with Crippen LogP contribution in [0.3, 0.4) is 0 Å². The molecule has 0 spiro atoms. The van der Waals surface area contributed by atoms with Gasteiger partial charge in [0, 0.05) is 19.0 Å². The molecular weight excluding hydrogens is 425 g/mol. The molecule has 0 aromatic carbocycles. The number of nitrogens with one attached hydrogen (secondary N) is 2. The van der Waals surface area contributed by atoms with Gasteiger partial charge in [-0.15, -0.1) is 0 Å². The van der Waals surface area contributed by atoms with E-state index in [1.807, 2.05) is 18.7 Å². The van der Waals surface area contributed by atoms with E-state index in [0.29, 0.717) is 6.54 Å². The standard InChI is InChI=1S/C20H30FN5O4S/c1-4-26(5-2)11-14(27)10-23-19(29)24-18-15(16(22)28)17(25-31-18)30-12-13-8-6-7-9-20(13,3)21/h6-9,13-14,27H,4-5,10-12H2,1-3H3,(H2,22,28)(H2,23,24,29). The summed E-state index contributed by atoms with van der Waals surface area (Å²) in [5.74, 6) is -1.46. The van der Waals surface area contributed by atoms with E-state index in [-0.39, 0.29) is 29.6 Å². The van der Waals surface area contributed by atoms with Gasteiger partial charge in [-0.1, -0.05) is 32.1 Å². The number of aliphatic hydroxyl groups is 1. The second kappa shape index (κ2) is 11.2. The highest BCUT2D eigenvalue weighted by Crippen LogP contribution is 2.33. The fourth-order valence-electron chi connectivity index (χ4n) is 3.02. The topological polar surface area (TPSA) is 130 Å². The first kappa shape index (κ1) is 24.8. The highest BCUT2D eigenvalue weighted by atomic mass is 32.1. The van der Waals surface area contributed by atoms with E-state index in [2.05, 4.69) is 15.0 Å². The average molecular weight is 456 g/mol. The normalized spacial score (nSPS) is 21.2. The van der Waals surface area contributed by atoms with Gasteiger partial charge in [0.15, 0.2) is 0 Å². The van der Waals surface area contributed by atoms with Crippen molar-refractivity contribution in [3.63, 3.8) is 0 Å². The number of aromatic nitrogens is 1. The van der Waals surface area contributed by atoms with Gasteiger partial charge in [-0.2, -0.15) is 4.37 Å². The Balaban J connectivity index is 1.95. The molecule has 172 valence electrons. The summed E-state index contributed by atoms with van der Waals surface area (Å²) in [5, 5.41) is 15.2. The minimum Gasteiger partial charge on any atom is -0.476 e. The molecule has 31 heavy (non-hydrogen) atoms. The summed E-state index contributed by atoms with van der Waals surface area (Å²) in [5.41, 5.74) is 3.76. The molecule has 3 amide bonds. The van der Waals surface area contributed by atoms with Crippen molar-refractivity contribution >= 4 is 28.5 Å². The van der Waals surface area contributed by atoms with Crippen molar-refractivity contribution in [2.75, 3.05) is 38.1 Å². The SMILES string of the molecule is CCN(CC)CC(O)CNC(=O)Nc1snc(OCC2C=CC=CC2(C)F)c1C(N)=O. The quantitative estimate of drug-likeness (QED) is 0.403. The van der Waals surface area contributed by atoms with Crippen LogP contribution >= 0.6 is 11.5 Å². The Kier molecular flexibility index (Phi) is 8.96. The first-order chi connectivity index (χ1) is 14.7. The molecule has 0 saturated heterocycles. The van der Waals surface area contributed by atoms with Crippen LogP contribution in [0.25, 0.3) is 0 Å². The van der Waals surface area contributed by atoms with E-state index in [4.69, 9.17) is 10.5 Å². The van der Waals surface area contributed by atoms with Gasteiger partial charge >= 0.3 is 6.03 Å². The molecule has 11 heteroatoms. The highest BCUT2D eigenvalue weighted by Gasteiger charge is 2.32. The van der Waals surface area contributed by atoms with E-state index in [1.54, 1.807) is 18.2 Å². The van der Waals surface area contributed by atoms with Crippen LogP contribution in [0.2, 0.25) is 0 Å². The number of carbonyl (C=O) groups is 2. The number of nitrogens with two attached hydrogens (primary N) is 1. The van der Waals surface area contributed by atoms with Gasteiger partial charge in [0.1, 0.15) is 16.2 Å². The first-order valence-corrected chi connectivity index (χ1v) is 10.9. The number of primary amides is 1. The summed E-state index contributed by atoms with van der Waals surface area (Å²) in [7, 11) is 0. The van der Waals surface area contributed by atoms with Gasteiger partial charge in [-0.3, -0.25) is 10.1 Å². The molecule has 0 aliphatic heterocycles. The van der Waals surface area contributed by atoms with Crippen LogP contribution in [0, 0.1) is 5.92 Å². The van der Waals surface area contributed by atoms with Crippen molar-refractivity contribution in [3.05, 3.63) is 29.9 Å². The predicted octanol–water partition coefficient (Wildman–Crippen LogP) is 1.92. The number of hydrogen-bond donors (Lipinski definition) is 4. The Hall–Kier alpha value is -2.50. The average Bonchev–Trinajstić information content (AvgIpc) is 3.11. The summed E-state index contributed by atoms with van der Waals surface area (Å²) < 4.78 is 24.1. The minimum atomic E-state index is -1.59. The Morgan fingerprint density at radius 2 is 2.13 bits per heavy atom. The van der Waals surface area contributed by atoms with Crippen molar-refractivity contribution in [3.8, 4) is 5.88 Å². The molecule has 3 atom stereocenters. The number of nitrogens with zero attached hydrogens (tertiary/aromatic N) is 2. The van der Waals surface area contributed by atoms with E-state index < -0.39 is 29.6 Å². The summed E-state index contributed by atoms with van der Waals surface area (Å²) in [6.45, 7) is 7.40. The zero-order valence-electron chi connectivity index (χ0n) is 17.9. The lowest BCUT2D eigenvalue weighted by Crippen LogP contribution is -2.41. The molecule has 1 heterocycles. The molecular formula is C20H30FN5O4S. The van der Waals surface area contributed by atoms with Crippen LogP contribution < -0.4 is 21.1 Å². The molecule has 1 aromatic rings. The zero-order chi connectivity index (χ0) is 23.0. The van der Waals surface area contributed by atoms with Gasteiger partial charge in [-0.25, -0.2) is 9.18 Å². The third-order valence-electron chi connectivity index (χ3n) is 5.00. The Morgan fingerprint density at radius 1 is 1.42 bits per heavy atom. The van der Waals surface area contributed by atoms with Gasteiger partial charge in [0.05, 0.1) is 12.7 Å². The van der Waals surface area contributed by atoms with Gasteiger partial charge in [0.25, 0.3) is 5.91 Å². The summed E-state index contributed by atoms with van der Waals surface area (Å²) in [6, 6.07) is -0.618. The van der Waals surface area contributed by atoms with Crippen molar-refractivity contribution in [1.82, 2.24) is 14.6 Å². The monoisotopic (exact) mass is 455 g/mol. The number of aliphatic hydroxyl groups excluding tert-OH is 1. The number of alkyl halides is 1. The van der Waals surface area contributed by atoms with Gasteiger partial charge < -0.3 is 25.8 Å². The number of hydrogen-bond acceptors (Lipinski definition) is 7. The molecule has 3 unspecified atom stereocenters. The number of carbonyl (C=O) groups excluding carboxylic acids is 2. The smallest absolute Gasteiger partial charge is 0.320 e. The number of urea groups is 1. The number of rotatable bonds is 11. The maximum Gasteiger partial charge on any atom is 0.320 e. The molecule has 1 aliphatic carbocycles. The number of anilines is 1. The maximum absolute atomic E-state index is 14.5. The maximum atomic E-state index is 14.5. The molecule has 0 saturated carbocycles. The number of halogens is 1. The summed E-state index contributed by atoms with van der Waals surface area (Å²) >= 11 is 0.827. The number of ether oxygens (including phenoxy) is 1. The van der Waals surface area contributed by atoms with Crippen LogP contribution in [-0.4, -0.2) is 70.9 Å². The fraction of sp³-hybridized carbons (Fsp3) is 0.550. The van der Waals surface area contributed by atoms with Crippen LogP contribution in [0.4, 0.5) is 14.2 Å². The Labute approximate surface area is 185 Å². The van der Waals surface area contributed by atoms with Crippen molar-refractivity contribution < 1.29 is 23.8 Å². The van der Waals surface area contributed by atoms with Crippen molar-refractivity contribution in [2.24, 2.45) is 11.7 Å². The molecule has 1 aliphatic rings. The van der Waals surface area contributed by atoms with Crippen molar-refractivity contribution in [1.29, 1.82) is 0 Å². The second-order valence-corrected chi connectivity index (χ2v) is 8.12. The van der Waals surface area contributed by atoms with E-state index in [0.717, 1.165) is 24.6 Å². The molecule has 0 radical (unpaired) electrons. The fourth-order valence-corrected chi connectivity index (χ4v) is 3.76. The van der Waals surface area contributed by atoms with Crippen LogP contribution in [-0.2, 0) is 0 Å². The first-order valence-electron chi connectivity index (χ1n) is 10.1. The van der Waals surface area contributed by atoms with Crippen LogP contribution in [0.1, 0.15) is 31.1 Å². The van der Waals surface area contributed by atoms with E-state index >= 15 is 0 Å². The number of allylic oxidation sites excluding steroid dienone is 3. The van der Waals surface area contributed by atoms with Crippen LogP contribution in [0.5, 0.6) is 5.88 Å². The molecule has 9 nitrogen and oxygen atoms in total. The lowest BCUT2D eigenvalue weighted by Gasteiger charge is -2.26. The number of amides is 3. The molecule has 2 rings (SSSR count). The van der Waals surface area contributed by atoms with Gasteiger partial charge in [-0.05, 0) is 37.6 Å². The molecule has 0 fully saturated rings. The van der Waals surface area contributed by atoms with Crippen molar-refractivity contribution in [2.45, 2.75) is 32.5 Å². The van der Waals surface area contributed by atoms with E-state index in [9.17, 15) is 19.1 Å². The third kappa shape index (κ3) is 7.01. The van der Waals surface area contributed by atoms with Crippen LogP contribution in [0.15, 0.2) is 24.3 Å². The van der Waals surface area contributed by atoms with Gasteiger partial charge in [0.2, 0.25) is 5.88 Å².